The zero-order chi connectivity index (χ0) is 9.31. The minimum Gasteiger partial charge on any atom is -0.303 e. The molecule has 1 fully saturated rings. The van der Waals surface area contributed by atoms with Crippen LogP contribution in [0.2, 0.25) is 5.15 Å². The van der Waals surface area contributed by atoms with E-state index in [2.05, 4.69) is 4.98 Å². The van der Waals surface area contributed by atoms with E-state index in [9.17, 15) is 4.79 Å². The Balaban J connectivity index is 2.13. The van der Waals surface area contributed by atoms with Gasteiger partial charge in [0.2, 0.25) is 0 Å². The van der Waals surface area contributed by atoms with Crippen molar-refractivity contribution in [1.82, 2.24) is 4.98 Å². The summed E-state index contributed by atoms with van der Waals surface area (Å²) in [5, 5.41) is 0.568. The Hall–Kier alpha value is -0.410. The van der Waals surface area contributed by atoms with Crippen molar-refractivity contribution in [2.45, 2.75) is 25.7 Å². The summed E-state index contributed by atoms with van der Waals surface area (Å²) >= 11 is 7.41. The van der Waals surface area contributed by atoms with Crippen LogP contribution in [-0.4, -0.2) is 11.3 Å². The van der Waals surface area contributed by atoms with Gasteiger partial charge in [-0.25, -0.2) is 4.98 Å². The summed E-state index contributed by atoms with van der Waals surface area (Å²) in [4.78, 5) is 15.9. The maximum absolute atomic E-state index is 10.9. The van der Waals surface area contributed by atoms with E-state index in [0.717, 1.165) is 36.8 Å². The third-order valence-electron chi connectivity index (χ3n) is 2.70. The highest BCUT2D eigenvalue weighted by Crippen LogP contribution is 2.43. The number of carbonyl (C=O) groups is 1. The molecule has 4 heteroatoms. The van der Waals surface area contributed by atoms with Gasteiger partial charge in [0.25, 0.3) is 0 Å². The smallest absolute Gasteiger partial charge is 0.143 e. The number of aldehydes is 1. The van der Waals surface area contributed by atoms with E-state index >= 15 is 0 Å². The van der Waals surface area contributed by atoms with Crippen LogP contribution in [0.3, 0.4) is 0 Å². The monoisotopic (exact) mass is 215 g/mol. The van der Waals surface area contributed by atoms with Gasteiger partial charge in [0.05, 0.1) is 5.51 Å². The summed E-state index contributed by atoms with van der Waals surface area (Å²) in [6, 6.07) is 0. The summed E-state index contributed by atoms with van der Waals surface area (Å²) in [5.74, 6) is 0. The minimum absolute atomic E-state index is 0.115. The van der Waals surface area contributed by atoms with E-state index in [-0.39, 0.29) is 5.41 Å². The predicted molar refractivity (Wildman–Crippen MR) is 53.2 cm³/mol. The Labute approximate surface area is 85.9 Å². The molecule has 0 aliphatic heterocycles. The second-order valence-electron chi connectivity index (χ2n) is 3.58. The van der Waals surface area contributed by atoms with Gasteiger partial charge in [-0.1, -0.05) is 18.0 Å². The molecule has 2 nitrogen and oxygen atoms in total. The van der Waals surface area contributed by atoms with Crippen LogP contribution < -0.4 is 0 Å². The molecule has 1 heterocycles. The lowest BCUT2D eigenvalue weighted by atomic mass is 9.68. The summed E-state index contributed by atoms with van der Waals surface area (Å²) < 4.78 is 0. The Morgan fingerprint density at radius 1 is 1.69 bits per heavy atom. The van der Waals surface area contributed by atoms with E-state index in [1.165, 1.54) is 11.3 Å². The fourth-order valence-corrected chi connectivity index (χ4v) is 2.77. The summed E-state index contributed by atoms with van der Waals surface area (Å²) in [5.41, 5.74) is 1.62. The number of hydrogen-bond donors (Lipinski definition) is 0. The van der Waals surface area contributed by atoms with Gasteiger partial charge in [0, 0.05) is 10.3 Å². The molecule has 0 amide bonds. The third-order valence-corrected chi connectivity index (χ3v) is 3.97. The van der Waals surface area contributed by atoms with Crippen LogP contribution in [0.15, 0.2) is 5.51 Å². The fourth-order valence-electron chi connectivity index (χ4n) is 1.66. The molecule has 0 N–H and O–H groups in total. The summed E-state index contributed by atoms with van der Waals surface area (Å²) in [7, 11) is 0. The number of hydrogen-bond acceptors (Lipinski definition) is 3. The average molecular weight is 216 g/mol. The molecule has 1 aromatic heterocycles. The van der Waals surface area contributed by atoms with Gasteiger partial charge in [-0.3, -0.25) is 0 Å². The van der Waals surface area contributed by atoms with Gasteiger partial charge in [-0.15, -0.1) is 11.3 Å². The molecule has 1 aromatic rings. The lowest BCUT2D eigenvalue weighted by Crippen LogP contribution is -2.33. The molecule has 0 saturated heterocycles. The van der Waals surface area contributed by atoms with Crippen LogP contribution in [0.5, 0.6) is 0 Å². The SMILES string of the molecule is O=CC1(Cc2scnc2Cl)CCC1. The van der Waals surface area contributed by atoms with E-state index in [1.807, 2.05) is 0 Å². The van der Waals surface area contributed by atoms with Crippen molar-refractivity contribution >= 4 is 29.2 Å². The topological polar surface area (TPSA) is 30.0 Å². The molecule has 0 atom stereocenters. The van der Waals surface area contributed by atoms with Gasteiger partial charge >= 0.3 is 0 Å². The second-order valence-corrected chi connectivity index (χ2v) is 4.87. The molecule has 0 radical (unpaired) electrons. The molecule has 1 aliphatic carbocycles. The van der Waals surface area contributed by atoms with Crippen molar-refractivity contribution in [3.05, 3.63) is 15.5 Å². The molecule has 13 heavy (non-hydrogen) atoms. The minimum atomic E-state index is -0.115. The van der Waals surface area contributed by atoms with Crippen LogP contribution in [0, 0.1) is 5.41 Å². The standard InChI is InChI=1S/C9H10ClNOS/c10-8-7(13-6-11-8)4-9(5-12)2-1-3-9/h5-6H,1-4H2. The Morgan fingerprint density at radius 2 is 2.46 bits per heavy atom. The van der Waals surface area contributed by atoms with Gasteiger partial charge < -0.3 is 4.79 Å². The molecular weight excluding hydrogens is 206 g/mol. The first-order valence-electron chi connectivity index (χ1n) is 4.30. The van der Waals surface area contributed by atoms with Crippen molar-refractivity contribution in [3.63, 3.8) is 0 Å². The quantitative estimate of drug-likeness (QED) is 0.726. The first-order chi connectivity index (χ1) is 6.26. The highest BCUT2D eigenvalue weighted by molar-refractivity contribution is 7.10. The molecule has 0 bridgehead atoms. The highest BCUT2D eigenvalue weighted by Gasteiger charge is 2.37. The van der Waals surface area contributed by atoms with Crippen LogP contribution in [0.4, 0.5) is 0 Å². The third kappa shape index (κ3) is 1.63. The van der Waals surface area contributed by atoms with E-state index in [1.54, 1.807) is 5.51 Å². The molecule has 70 valence electrons. The fraction of sp³-hybridized carbons (Fsp3) is 0.556. The molecule has 0 aromatic carbocycles. The zero-order valence-electron chi connectivity index (χ0n) is 7.12. The van der Waals surface area contributed by atoms with Gasteiger partial charge in [-0.2, -0.15) is 0 Å². The number of carbonyl (C=O) groups excluding carboxylic acids is 1. The Kier molecular flexibility index (Phi) is 2.39. The predicted octanol–water partition coefficient (Wildman–Crippen LogP) is 2.71. The van der Waals surface area contributed by atoms with Crippen LogP contribution in [0.1, 0.15) is 24.1 Å². The van der Waals surface area contributed by atoms with Crippen molar-refractivity contribution in [1.29, 1.82) is 0 Å². The molecule has 0 unspecified atom stereocenters. The average Bonchev–Trinajstić information content (AvgIpc) is 2.44. The highest BCUT2D eigenvalue weighted by atomic mass is 35.5. The Morgan fingerprint density at radius 3 is 2.85 bits per heavy atom. The number of aromatic nitrogens is 1. The van der Waals surface area contributed by atoms with Gasteiger partial charge in [0.15, 0.2) is 0 Å². The normalized spacial score (nSPS) is 19.5. The van der Waals surface area contributed by atoms with Crippen LogP contribution in [0.25, 0.3) is 0 Å². The second kappa shape index (κ2) is 3.39. The number of rotatable bonds is 3. The Bertz CT molecular complexity index is 319. The molecule has 1 aliphatic rings. The number of thiazole rings is 1. The summed E-state index contributed by atoms with van der Waals surface area (Å²) in [6.07, 6.45) is 5.04. The van der Waals surface area contributed by atoms with Crippen molar-refractivity contribution < 1.29 is 4.79 Å². The lowest BCUT2D eigenvalue weighted by Gasteiger charge is -2.36. The van der Waals surface area contributed by atoms with Crippen molar-refractivity contribution in [2.24, 2.45) is 5.41 Å². The maximum Gasteiger partial charge on any atom is 0.143 e. The zero-order valence-corrected chi connectivity index (χ0v) is 8.70. The van der Waals surface area contributed by atoms with E-state index in [4.69, 9.17) is 11.6 Å². The van der Waals surface area contributed by atoms with E-state index in [0.29, 0.717) is 5.15 Å². The first kappa shape index (κ1) is 9.16. The largest absolute Gasteiger partial charge is 0.303 e. The van der Waals surface area contributed by atoms with Crippen LogP contribution in [-0.2, 0) is 11.2 Å². The van der Waals surface area contributed by atoms with Crippen molar-refractivity contribution in [3.8, 4) is 0 Å². The maximum atomic E-state index is 10.9. The van der Waals surface area contributed by atoms with Gasteiger partial charge in [0.1, 0.15) is 11.4 Å². The van der Waals surface area contributed by atoms with Gasteiger partial charge in [-0.05, 0) is 19.3 Å². The van der Waals surface area contributed by atoms with Crippen LogP contribution >= 0.6 is 22.9 Å². The molecular formula is C9H10ClNOS. The molecule has 2 rings (SSSR count). The first-order valence-corrected chi connectivity index (χ1v) is 5.56. The number of nitrogens with zero attached hydrogens (tertiary/aromatic N) is 1. The number of halogens is 1. The molecule has 0 spiro atoms. The van der Waals surface area contributed by atoms with E-state index < -0.39 is 0 Å². The van der Waals surface area contributed by atoms with Crippen molar-refractivity contribution in [2.75, 3.05) is 0 Å². The lowest BCUT2D eigenvalue weighted by molar-refractivity contribution is -0.120. The molecule has 1 saturated carbocycles. The summed E-state index contributed by atoms with van der Waals surface area (Å²) in [6.45, 7) is 0.